The normalized spacial score (nSPS) is 33.3. The highest BCUT2D eigenvalue weighted by atomic mass is 31.2. The molecule has 0 aromatic heterocycles. The minimum atomic E-state index is -5.43. The summed E-state index contributed by atoms with van der Waals surface area (Å²) in [5.74, 6) is -4.30. The van der Waals surface area contributed by atoms with Gasteiger partial charge in [-0.1, -0.05) is 107 Å². The Morgan fingerprint density at radius 1 is 0.806 bits per heavy atom. The molecule has 0 spiro atoms. The van der Waals surface area contributed by atoms with E-state index in [1.807, 2.05) is 13.0 Å². The Morgan fingerprint density at radius 2 is 1.42 bits per heavy atom. The van der Waals surface area contributed by atoms with Crippen LogP contribution in [0.4, 0.5) is 0 Å². The molecule has 13 atom stereocenters. The number of esters is 2. The third kappa shape index (κ3) is 21.9. The molecule has 1 saturated carbocycles. The number of aliphatic hydroxyl groups excluding tert-OH is 8. The summed E-state index contributed by atoms with van der Waals surface area (Å²) in [5, 5.41) is 89.3. The molecule has 62 heavy (non-hydrogen) atoms. The number of allylic oxidation sites excluding steroid dienone is 7. The molecule has 0 aromatic rings. The summed E-state index contributed by atoms with van der Waals surface area (Å²) in [6.07, 6.45) is 8.84. The number of unbranched alkanes of at least 4 members (excludes halogenated alkanes) is 7. The standard InChI is InChI=1S/C45H75O16P/c1-3-5-7-8-9-10-11-12-13-14-15-16-17-18-20-25-38(49)58-30-33-31-59-62(56,57)61-45-43(54)41(52)35(28-27-32(46)23-19-6-4-2)37(48)29-36(47)34(40(51)42(53)44(45)55)24-21-22-26-39(50)60-33/h9-10,12-13,15-16,21-22,27-28,32-37,40-48,51-55H,3-8,11,14,17-20,23-26,29-31H2,1-2H3,(H,56,57)/b10-9-,13-12-,16-15-,22-21-,28-27-/t32-,33-,34-,35+,36+,37-,40-,41-,42+,43-,44-,45-/m1/s1. The van der Waals surface area contributed by atoms with Crippen LogP contribution in [0.15, 0.2) is 60.8 Å². The first-order chi connectivity index (χ1) is 29.6. The maximum atomic E-state index is 13.4. The molecule has 1 aliphatic carbocycles. The molecule has 1 unspecified atom stereocenters. The van der Waals surface area contributed by atoms with E-state index < -0.39 is 112 Å². The Bertz CT molecular complexity index is 1450. The Hall–Kier alpha value is -2.57. The molecule has 356 valence electrons. The molecule has 17 heteroatoms. The number of carbonyl (C=O) groups is 2. The maximum absolute atomic E-state index is 13.4. The van der Waals surface area contributed by atoms with E-state index in [9.17, 15) is 59.9 Å². The number of fused-ring (bicyclic) bond motifs is 4. The molecule has 1 heterocycles. The smallest absolute Gasteiger partial charge is 0.462 e. The monoisotopic (exact) mass is 902 g/mol. The van der Waals surface area contributed by atoms with Crippen molar-refractivity contribution < 1.29 is 78.4 Å². The number of rotatable bonds is 21. The Balaban J connectivity index is 2.17. The van der Waals surface area contributed by atoms with Crippen molar-refractivity contribution in [2.75, 3.05) is 13.2 Å². The van der Waals surface area contributed by atoms with Gasteiger partial charge in [0.05, 0.1) is 43.5 Å². The highest BCUT2D eigenvalue weighted by Crippen LogP contribution is 2.47. The van der Waals surface area contributed by atoms with Gasteiger partial charge in [-0.05, 0) is 57.8 Å². The third-order valence-corrected chi connectivity index (χ3v) is 11.9. The van der Waals surface area contributed by atoms with Crippen LogP contribution in [0.1, 0.15) is 123 Å². The van der Waals surface area contributed by atoms with Crippen molar-refractivity contribution in [1.29, 1.82) is 0 Å². The molecular formula is C45H75O16P. The van der Waals surface area contributed by atoms with Crippen LogP contribution in [0.3, 0.4) is 0 Å². The van der Waals surface area contributed by atoms with Crippen molar-refractivity contribution in [3.8, 4) is 0 Å². The van der Waals surface area contributed by atoms with Crippen molar-refractivity contribution in [2.45, 2.75) is 184 Å². The highest BCUT2D eigenvalue weighted by molar-refractivity contribution is 7.47. The first kappa shape index (κ1) is 55.6. The van der Waals surface area contributed by atoms with Gasteiger partial charge in [-0.3, -0.25) is 18.6 Å². The molecule has 2 aliphatic rings. The molecule has 2 rings (SSSR count). The van der Waals surface area contributed by atoms with E-state index in [-0.39, 0.29) is 19.3 Å². The number of phosphoric acid groups is 1. The molecule has 1 aliphatic heterocycles. The van der Waals surface area contributed by atoms with E-state index in [2.05, 4.69) is 37.3 Å². The molecule has 0 aromatic carbocycles. The summed E-state index contributed by atoms with van der Waals surface area (Å²) in [5.41, 5.74) is 0. The molecule has 0 saturated heterocycles. The molecule has 0 amide bonds. The molecule has 9 N–H and O–H groups in total. The van der Waals surface area contributed by atoms with E-state index in [4.69, 9.17) is 18.5 Å². The molecule has 0 radical (unpaired) electrons. The predicted octanol–water partition coefficient (Wildman–Crippen LogP) is 4.54. The van der Waals surface area contributed by atoms with Crippen LogP contribution >= 0.6 is 7.82 Å². The quantitative estimate of drug-likeness (QED) is 0.0331. The summed E-state index contributed by atoms with van der Waals surface area (Å²) in [7, 11) is -5.43. The molecular weight excluding hydrogens is 827 g/mol. The fourth-order valence-electron chi connectivity index (χ4n) is 7.15. The third-order valence-electron chi connectivity index (χ3n) is 10.9. The number of phosphoric ester groups is 1. The van der Waals surface area contributed by atoms with Gasteiger partial charge in [-0.2, -0.15) is 0 Å². The molecule has 16 nitrogen and oxygen atoms in total. The van der Waals surface area contributed by atoms with Gasteiger partial charge in [0.25, 0.3) is 0 Å². The lowest BCUT2D eigenvalue weighted by Crippen LogP contribution is -2.55. The fraction of sp³-hybridized carbons (Fsp3) is 0.733. The van der Waals surface area contributed by atoms with E-state index in [1.165, 1.54) is 43.6 Å². The minimum Gasteiger partial charge on any atom is -0.462 e. The van der Waals surface area contributed by atoms with Gasteiger partial charge in [-0.15, -0.1) is 0 Å². The van der Waals surface area contributed by atoms with Gasteiger partial charge in [0.2, 0.25) is 0 Å². The summed E-state index contributed by atoms with van der Waals surface area (Å²) in [4.78, 5) is 36.2. The van der Waals surface area contributed by atoms with E-state index in [1.54, 1.807) is 0 Å². The fourth-order valence-corrected chi connectivity index (χ4v) is 8.12. The Kier molecular flexibility index (Phi) is 28.1. The van der Waals surface area contributed by atoms with Gasteiger partial charge in [0.1, 0.15) is 31.0 Å². The lowest BCUT2D eigenvalue weighted by atomic mass is 9.83. The maximum Gasteiger partial charge on any atom is 0.472 e. The predicted molar refractivity (Wildman–Crippen MR) is 232 cm³/mol. The van der Waals surface area contributed by atoms with Crippen LogP contribution in [0.2, 0.25) is 0 Å². The zero-order chi connectivity index (χ0) is 45.9. The largest absolute Gasteiger partial charge is 0.472 e. The van der Waals surface area contributed by atoms with Crippen molar-refractivity contribution in [3.63, 3.8) is 0 Å². The van der Waals surface area contributed by atoms with Crippen LogP contribution in [0, 0.1) is 11.8 Å². The molecule has 2 bridgehead atoms. The van der Waals surface area contributed by atoms with Crippen LogP contribution in [0.25, 0.3) is 0 Å². The number of cyclic esters (lactones) is 1. The lowest BCUT2D eigenvalue weighted by Gasteiger charge is -2.37. The topological polar surface area (TPSA) is 270 Å². The summed E-state index contributed by atoms with van der Waals surface area (Å²) in [6.45, 7) is 2.72. The minimum absolute atomic E-state index is 0.0495. The van der Waals surface area contributed by atoms with E-state index in [0.717, 1.165) is 38.5 Å². The Labute approximate surface area is 367 Å². The second-order valence-corrected chi connectivity index (χ2v) is 17.6. The lowest BCUT2D eigenvalue weighted by molar-refractivity contribution is -0.167. The van der Waals surface area contributed by atoms with Crippen LogP contribution < -0.4 is 0 Å². The zero-order valence-corrected chi connectivity index (χ0v) is 37.4. The van der Waals surface area contributed by atoms with Gasteiger partial charge in [-0.25, -0.2) is 4.57 Å². The number of hydrogen-bond donors (Lipinski definition) is 9. The Morgan fingerprint density at radius 3 is 2.08 bits per heavy atom. The number of aliphatic hydroxyl groups is 8. The first-order valence-electron chi connectivity index (χ1n) is 22.3. The van der Waals surface area contributed by atoms with Crippen molar-refractivity contribution in [1.82, 2.24) is 0 Å². The van der Waals surface area contributed by atoms with Crippen LogP contribution in [0.5, 0.6) is 0 Å². The van der Waals surface area contributed by atoms with Gasteiger partial charge >= 0.3 is 19.8 Å². The average Bonchev–Trinajstić information content (AvgIpc) is 3.23. The van der Waals surface area contributed by atoms with Crippen molar-refractivity contribution >= 4 is 19.8 Å². The average molecular weight is 903 g/mol. The van der Waals surface area contributed by atoms with Crippen LogP contribution in [-0.2, 0) is 32.7 Å². The number of ether oxygens (including phenoxy) is 2. The SMILES string of the molecule is CCCCC/C=C\C/C=C\C/C=C\CCCCC(=O)OC[C@@H]1COP(=O)(O)O[C@H]2[C@H](O)[C@@H](O)[C@H](O)[C@H](C/C=C\CC(=O)O1)[C@@H](O)C[C@@H](O)[C@H](/C=C\[C@H](O)CCCCC)[C@@H](O)[C@H]2O. The first-order valence-corrected chi connectivity index (χ1v) is 23.8. The van der Waals surface area contributed by atoms with Gasteiger partial charge in [0, 0.05) is 24.7 Å². The van der Waals surface area contributed by atoms with Gasteiger partial charge < -0.3 is 55.2 Å². The summed E-state index contributed by atoms with van der Waals surface area (Å²) < 4.78 is 34.3. The summed E-state index contributed by atoms with van der Waals surface area (Å²) in [6, 6.07) is 0. The number of hydrogen-bond acceptors (Lipinski definition) is 15. The zero-order valence-electron chi connectivity index (χ0n) is 36.5. The van der Waals surface area contributed by atoms with Gasteiger partial charge in [0.15, 0.2) is 6.10 Å². The van der Waals surface area contributed by atoms with E-state index in [0.29, 0.717) is 25.7 Å². The van der Waals surface area contributed by atoms with Crippen molar-refractivity contribution in [2.24, 2.45) is 11.8 Å². The number of carbonyl (C=O) groups excluding carboxylic acids is 2. The second kappa shape index (κ2) is 31.3. The highest BCUT2D eigenvalue weighted by Gasteiger charge is 2.49. The van der Waals surface area contributed by atoms with Crippen molar-refractivity contribution in [3.05, 3.63) is 60.8 Å². The van der Waals surface area contributed by atoms with E-state index >= 15 is 0 Å². The second-order valence-electron chi connectivity index (χ2n) is 16.2. The molecule has 1 fully saturated rings. The van der Waals surface area contributed by atoms with Crippen LogP contribution in [-0.4, -0.2) is 132 Å². The summed E-state index contributed by atoms with van der Waals surface area (Å²) >= 11 is 0.